The van der Waals surface area contributed by atoms with E-state index in [9.17, 15) is 9.59 Å². The maximum atomic E-state index is 12.1. The van der Waals surface area contributed by atoms with Crippen molar-refractivity contribution in [1.29, 1.82) is 0 Å². The van der Waals surface area contributed by atoms with E-state index in [1.54, 1.807) is 24.3 Å². The van der Waals surface area contributed by atoms with Gasteiger partial charge in [-0.3, -0.25) is 9.59 Å². The van der Waals surface area contributed by atoms with E-state index in [1.165, 1.54) is 0 Å². The largest absolute Gasteiger partial charge is 0.481 e. The van der Waals surface area contributed by atoms with Gasteiger partial charge in [-0.15, -0.1) is 0 Å². The summed E-state index contributed by atoms with van der Waals surface area (Å²) in [5.41, 5.74) is 0.508. The molecular formula is C13H12O4. The molecule has 0 aliphatic heterocycles. The molecule has 17 heavy (non-hydrogen) atoms. The van der Waals surface area contributed by atoms with Crippen molar-refractivity contribution in [3.8, 4) is 0 Å². The molecule has 2 rings (SSSR count). The summed E-state index contributed by atoms with van der Waals surface area (Å²) in [6, 6.07) is 6.86. The van der Waals surface area contributed by atoms with Crippen LogP contribution in [0.4, 0.5) is 0 Å². The number of carbonyl (C=O) groups is 1. The monoisotopic (exact) mass is 232 g/mol. The Bertz CT molecular complexity index is 625. The topological polar surface area (TPSA) is 67.5 Å². The molecule has 2 aromatic rings. The molecule has 1 aromatic heterocycles. The van der Waals surface area contributed by atoms with Crippen molar-refractivity contribution in [1.82, 2.24) is 0 Å². The van der Waals surface area contributed by atoms with E-state index in [4.69, 9.17) is 9.52 Å². The van der Waals surface area contributed by atoms with Crippen LogP contribution in [-0.4, -0.2) is 11.1 Å². The molecule has 4 nitrogen and oxygen atoms in total. The van der Waals surface area contributed by atoms with Crippen LogP contribution in [0.1, 0.15) is 18.2 Å². The first-order valence-electron chi connectivity index (χ1n) is 5.39. The van der Waals surface area contributed by atoms with Gasteiger partial charge in [-0.1, -0.05) is 19.1 Å². The predicted molar refractivity (Wildman–Crippen MR) is 63.2 cm³/mol. The minimum atomic E-state index is -1.03. The second kappa shape index (κ2) is 4.41. The van der Waals surface area contributed by atoms with Crippen LogP contribution in [0.3, 0.4) is 0 Å². The normalized spacial score (nSPS) is 10.6. The molecule has 0 aliphatic rings. The molecule has 1 N–H and O–H groups in total. The van der Waals surface area contributed by atoms with Gasteiger partial charge in [-0.05, 0) is 12.1 Å². The van der Waals surface area contributed by atoms with Crippen LogP contribution < -0.4 is 5.43 Å². The smallest absolute Gasteiger partial charge is 0.308 e. The first-order valence-corrected chi connectivity index (χ1v) is 5.39. The Balaban J connectivity index is 2.76. The standard InChI is InChI=1S/C13H12O4/c1-2-10-9(7-12(14)15)13(16)8-5-3-4-6-11(8)17-10/h3-6H,2,7H2,1H3,(H,14,15). The maximum absolute atomic E-state index is 12.1. The van der Waals surface area contributed by atoms with Gasteiger partial charge in [0, 0.05) is 12.0 Å². The van der Waals surface area contributed by atoms with Crippen molar-refractivity contribution < 1.29 is 14.3 Å². The molecule has 0 radical (unpaired) electrons. The lowest BCUT2D eigenvalue weighted by Gasteiger charge is -2.06. The molecule has 0 saturated heterocycles. The van der Waals surface area contributed by atoms with Crippen LogP contribution in [0.2, 0.25) is 0 Å². The summed E-state index contributed by atoms with van der Waals surface area (Å²) < 4.78 is 5.56. The van der Waals surface area contributed by atoms with Crippen LogP contribution >= 0.6 is 0 Å². The lowest BCUT2D eigenvalue weighted by atomic mass is 10.1. The number of carboxylic acid groups (broad SMARTS) is 1. The zero-order valence-electron chi connectivity index (χ0n) is 9.40. The fraction of sp³-hybridized carbons (Fsp3) is 0.231. The van der Waals surface area contributed by atoms with Gasteiger partial charge >= 0.3 is 5.97 Å². The molecule has 88 valence electrons. The second-order valence-electron chi connectivity index (χ2n) is 3.75. The van der Waals surface area contributed by atoms with Gasteiger partial charge in [0.15, 0.2) is 5.43 Å². The fourth-order valence-electron chi connectivity index (χ4n) is 1.84. The van der Waals surface area contributed by atoms with Gasteiger partial charge in [-0.25, -0.2) is 0 Å². The summed E-state index contributed by atoms with van der Waals surface area (Å²) in [7, 11) is 0. The zero-order chi connectivity index (χ0) is 12.4. The number of fused-ring (bicyclic) bond motifs is 1. The minimum absolute atomic E-state index is 0.244. The van der Waals surface area contributed by atoms with E-state index < -0.39 is 5.97 Å². The van der Waals surface area contributed by atoms with Crippen molar-refractivity contribution in [3.05, 3.63) is 45.8 Å². The van der Waals surface area contributed by atoms with E-state index >= 15 is 0 Å². The van der Waals surface area contributed by atoms with Crippen LogP contribution in [0.15, 0.2) is 33.5 Å². The number of rotatable bonds is 3. The second-order valence-corrected chi connectivity index (χ2v) is 3.75. The molecule has 0 aliphatic carbocycles. The summed E-state index contributed by atoms with van der Waals surface area (Å²) in [5, 5.41) is 9.23. The molecule has 0 amide bonds. The highest BCUT2D eigenvalue weighted by molar-refractivity contribution is 5.79. The Morgan fingerprint density at radius 1 is 1.35 bits per heavy atom. The van der Waals surface area contributed by atoms with Gasteiger partial charge in [-0.2, -0.15) is 0 Å². The first kappa shape index (κ1) is 11.4. The number of benzene rings is 1. The molecule has 1 aromatic carbocycles. The molecule has 0 bridgehead atoms. The average Bonchev–Trinajstić information content (AvgIpc) is 2.32. The number of aliphatic carboxylic acids is 1. The van der Waals surface area contributed by atoms with Gasteiger partial charge in [0.1, 0.15) is 11.3 Å². The van der Waals surface area contributed by atoms with E-state index in [0.29, 0.717) is 23.2 Å². The summed E-state index contributed by atoms with van der Waals surface area (Å²) in [4.78, 5) is 22.9. The van der Waals surface area contributed by atoms with Gasteiger partial charge in [0.05, 0.1) is 11.8 Å². The highest BCUT2D eigenvalue weighted by Crippen LogP contribution is 2.16. The molecule has 0 spiro atoms. The Labute approximate surface area is 97.5 Å². The first-order chi connectivity index (χ1) is 8.13. The Hall–Kier alpha value is -2.10. The van der Waals surface area contributed by atoms with E-state index in [0.717, 1.165) is 0 Å². The Morgan fingerprint density at radius 3 is 2.71 bits per heavy atom. The summed E-state index contributed by atoms with van der Waals surface area (Å²) in [5.74, 6) is -0.571. The molecule has 0 atom stereocenters. The van der Waals surface area contributed by atoms with E-state index in [1.807, 2.05) is 6.92 Å². The van der Waals surface area contributed by atoms with E-state index in [2.05, 4.69) is 0 Å². The predicted octanol–water partition coefficient (Wildman–Crippen LogP) is 1.98. The average molecular weight is 232 g/mol. The molecule has 4 heteroatoms. The van der Waals surface area contributed by atoms with E-state index in [-0.39, 0.29) is 17.4 Å². The molecule has 1 heterocycles. The third-order valence-corrected chi connectivity index (χ3v) is 2.62. The van der Waals surface area contributed by atoms with Crippen molar-refractivity contribution >= 4 is 16.9 Å². The quantitative estimate of drug-likeness (QED) is 0.878. The van der Waals surface area contributed by atoms with Crippen LogP contribution in [0.25, 0.3) is 11.0 Å². The van der Waals surface area contributed by atoms with Gasteiger partial charge < -0.3 is 9.52 Å². The number of aryl methyl sites for hydroxylation is 1. The fourth-order valence-corrected chi connectivity index (χ4v) is 1.84. The van der Waals surface area contributed by atoms with Crippen LogP contribution in [0.5, 0.6) is 0 Å². The molecule has 0 fully saturated rings. The summed E-state index contributed by atoms with van der Waals surface area (Å²) >= 11 is 0. The molecule has 0 unspecified atom stereocenters. The number of hydrogen-bond acceptors (Lipinski definition) is 3. The summed E-state index contributed by atoms with van der Waals surface area (Å²) in [6.07, 6.45) is 0.207. The lowest BCUT2D eigenvalue weighted by molar-refractivity contribution is -0.136. The van der Waals surface area contributed by atoms with Crippen molar-refractivity contribution in [2.45, 2.75) is 19.8 Å². The Morgan fingerprint density at radius 2 is 2.06 bits per heavy atom. The van der Waals surface area contributed by atoms with Crippen molar-refractivity contribution in [2.24, 2.45) is 0 Å². The number of para-hydroxylation sites is 1. The lowest BCUT2D eigenvalue weighted by Crippen LogP contribution is -2.16. The maximum Gasteiger partial charge on any atom is 0.308 e. The minimum Gasteiger partial charge on any atom is -0.481 e. The third-order valence-electron chi connectivity index (χ3n) is 2.62. The number of hydrogen-bond donors (Lipinski definition) is 1. The molecular weight excluding hydrogens is 220 g/mol. The Kier molecular flexibility index (Phi) is 2.95. The van der Waals surface area contributed by atoms with Crippen molar-refractivity contribution in [3.63, 3.8) is 0 Å². The highest BCUT2D eigenvalue weighted by atomic mass is 16.4. The van der Waals surface area contributed by atoms with Gasteiger partial charge in [0.25, 0.3) is 0 Å². The number of carboxylic acids is 1. The van der Waals surface area contributed by atoms with Crippen LogP contribution in [0, 0.1) is 0 Å². The van der Waals surface area contributed by atoms with Crippen molar-refractivity contribution in [2.75, 3.05) is 0 Å². The van der Waals surface area contributed by atoms with Crippen LogP contribution in [-0.2, 0) is 17.6 Å². The zero-order valence-corrected chi connectivity index (χ0v) is 9.40. The van der Waals surface area contributed by atoms with Gasteiger partial charge in [0.2, 0.25) is 0 Å². The molecule has 0 saturated carbocycles. The SMILES string of the molecule is CCc1oc2ccccc2c(=O)c1CC(=O)O. The highest BCUT2D eigenvalue weighted by Gasteiger charge is 2.15. The summed E-state index contributed by atoms with van der Waals surface area (Å²) in [6.45, 7) is 1.83. The third kappa shape index (κ3) is 2.06.